The molecule has 4 fully saturated rings. The third-order valence-electron chi connectivity index (χ3n) is 8.07. The molecule has 4 atom stereocenters. The van der Waals surface area contributed by atoms with Crippen LogP contribution in [0.1, 0.15) is 17.5 Å². The molecule has 0 aromatic heterocycles. The van der Waals surface area contributed by atoms with Gasteiger partial charge in [-0.3, -0.25) is 14.5 Å². The second kappa shape index (κ2) is 7.93. The molecule has 0 unspecified atom stereocenters. The SMILES string of the molecule is COc1ccc([C@]23C[C@@]45SS[C@@H](C(=O)N4[C@H]2N(S(=O)(=O)c2ccccc2)c2ccccc23)N(C)C5=O)cc1. The number of rotatable bonds is 4. The van der Waals surface area contributed by atoms with E-state index in [1.807, 2.05) is 36.4 Å². The Morgan fingerprint density at radius 2 is 1.63 bits per heavy atom. The highest BCUT2D eigenvalue weighted by Crippen LogP contribution is 2.69. The van der Waals surface area contributed by atoms with Crippen molar-refractivity contribution in [3.8, 4) is 5.75 Å². The summed E-state index contributed by atoms with van der Waals surface area (Å²) < 4.78 is 35.6. The molecule has 0 aliphatic carbocycles. The summed E-state index contributed by atoms with van der Waals surface area (Å²) in [4.78, 5) is 29.9. The van der Waals surface area contributed by atoms with Crippen molar-refractivity contribution in [1.82, 2.24) is 9.80 Å². The Kier molecular flexibility index (Phi) is 5.00. The Morgan fingerprint density at radius 1 is 0.947 bits per heavy atom. The van der Waals surface area contributed by atoms with Crippen LogP contribution < -0.4 is 9.04 Å². The van der Waals surface area contributed by atoms with E-state index in [-0.39, 0.29) is 23.1 Å². The molecule has 3 aromatic carbocycles. The maximum absolute atomic E-state index is 14.4. The van der Waals surface area contributed by atoms with Crippen molar-refractivity contribution >= 4 is 49.1 Å². The van der Waals surface area contributed by atoms with Gasteiger partial charge in [-0.05, 0) is 41.5 Å². The van der Waals surface area contributed by atoms with E-state index >= 15 is 0 Å². The number of amides is 2. The summed E-state index contributed by atoms with van der Waals surface area (Å²) in [5.41, 5.74) is 1.13. The third kappa shape index (κ3) is 2.76. The third-order valence-corrected chi connectivity index (χ3v) is 13.1. The largest absolute Gasteiger partial charge is 0.497 e. The zero-order chi connectivity index (χ0) is 26.4. The van der Waals surface area contributed by atoms with E-state index in [0.29, 0.717) is 11.4 Å². The summed E-state index contributed by atoms with van der Waals surface area (Å²) in [7, 11) is 1.86. The lowest BCUT2D eigenvalue weighted by atomic mass is 9.72. The minimum Gasteiger partial charge on any atom is -0.497 e. The molecule has 5 aliphatic heterocycles. The van der Waals surface area contributed by atoms with Gasteiger partial charge in [-0.1, -0.05) is 70.1 Å². The highest BCUT2D eigenvalue weighted by Gasteiger charge is 2.77. The highest BCUT2D eigenvalue weighted by atomic mass is 33.1. The highest BCUT2D eigenvalue weighted by molar-refractivity contribution is 8.78. The number of hydrogen-bond acceptors (Lipinski definition) is 7. The lowest BCUT2D eigenvalue weighted by molar-refractivity contribution is -0.158. The maximum atomic E-state index is 14.4. The first-order valence-electron chi connectivity index (χ1n) is 12.1. The zero-order valence-corrected chi connectivity index (χ0v) is 22.9. The molecule has 1 spiro atoms. The number of methoxy groups -OCH3 is 1. The van der Waals surface area contributed by atoms with E-state index in [2.05, 4.69) is 0 Å². The summed E-state index contributed by atoms with van der Waals surface area (Å²) in [5.74, 6) is 0.230. The van der Waals surface area contributed by atoms with E-state index in [1.165, 1.54) is 30.8 Å². The van der Waals surface area contributed by atoms with E-state index < -0.39 is 31.8 Å². The predicted octanol–water partition coefficient (Wildman–Crippen LogP) is 3.64. The van der Waals surface area contributed by atoms with Crippen molar-refractivity contribution in [2.75, 3.05) is 18.5 Å². The molecule has 2 amide bonds. The molecular formula is C27H23N3O5S3. The topological polar surface area (TPSA) is 87.2 Å². The smallest absolute Gasteiger partial charge is 0.266 e. The van der Waals surface area contributed by atoms with Crippen LogP contribution in [-0.4, -0.2) is 60.6 Å². The van der Waals surface area contributed by atoms with Crippen molar-refractivity contribution in [3.63, 3.8) is 0 Å². The molecule has 5 heterocycles. The Bertz CT molecular complexity index is 1600. The van der Waals surface area contributed by atoms with E-state index in [0.717, 1.165) is 11.1 Å². The van der Waals surface area contributed by atoms with Gasteiger partial charge in [0.2, 0.25) is 0 Å². The summed E-state index contributed by atoms with van der Waals surface area (Å²) in [6.07, 6.45) is -0.715. The Hall–Kier alpha value is -3.15. The lowest BCUT2D eigenvalue weighted by Crippen LogP contribution is -2.72. The lowest BCUT2D eigenvalue weighted by Gasteiger charge is -2.53. The zero-order valence-electron chi connectivity index (χ0n) is 20.5. The fraction of sp³-hybridized carbons (Fsp3) is 0.259. The summed E-state index contributed by atoms with van der Waals surface area (Å²) in [6.45, 7) is 0. The Labute approximate surface area is 228 Å². The van der Waals surface area contributed by atoms with Gasteiger partial charge in [0.25, 0.3) is 21.8 Å². The average Bonchev–Trinajstić information content (AvgIpc) is 3.41. The number of ether oxygens (including phenoxy) is 1. The molecule has 4 saturated heterocycles. The van der Waals surface area contributed by atoms with E-state index in [9.17, 15) is 18.0 Å². The van der Waals surface area contributed by atoms with Crippen molar-refractivity contribution < 1.29 is 22.7 Å². The molecular weight excluding hydrogens is 543 g/mol. The number of anilines is 1. The van der Waals surface area contributed by atoms with Crippen LogP contribution >= 0.6 is 21.6 Å². The summed E-state index contributed by atoms with van der Waals surface area (Å²) in [6, 6.07) is 23.1. The van der Waals surface area contributed by atoms with Crippen LogP contribution in [0.2, 0.25) is 0 Å². The van der Waals surface area contributed by atoms with Crippen LogP contribution in [0.25, 0.3) is 0 Å². The Balaban J connectivity index is 1.55. The summed E-state index contributed by atoms with van der Waals surface area (Å²) in [5, 5.41) is -0.717. The molecule has 38 heavy (non-hydrogen) atoms. The number of hydrogen-bond donors (Lipinski definition) is 0. The number of para-hydroxylation sites is 1. The predicted molar refractivity (Wildman–Crippen MR) is 146 cm³/mol. The molecule has 8 nitrogen and oxygen atoms in total. The van der Waals surface area contributed by atoms with Gasteiger partial charge >= 0.3 is 0 Å². The Morgan fingerprint density at radius 3 is 2.34 bits per heavy atom. The molecule has 0 saturated carbocycles. The minimum absolute atomic E-state index is 0.126. The molecule has 2 bridgehead atoms. The fourth-order valence-electron chi connectivity index (χ4n) is 6.43. The average molecular weight is 566 g/mol. The number of piperazine rings is 1. The number of sulfonamides is 1. The van der Waals surface area contributed by atoms with Gasteiger partial charge in [0.15, 0.2) is 10.2 Å². The fourth-order valence-corrected chi connectivity index (χ4v) is 11.6. The normalized spacial score (nSPS) is 29.4. The van der Waals surface area contributed by atoms with Gasteiger partial charge in [-0.25, -0.2) is 12.7 Å². The second-order valence-electron chi connectivity index (χ2n) is 9.82. The molecule has 8 rings (SSSR count). The van der Waals surface area contributed by atoms with Gasteiger partial charge < -0.3 is 9.64 Å². The van der Waals surface area contributed by atoms with Crippen molar-refractivity contribution in [2.45, 2.75) is 33.1 Å². The molecule has 194 valence electrons. The van der Waals surface area contributed by atoms with Crippen molar-refractivity contribution in [1.29, 1.82) is 0 Å². The van der Waals surface area contributed by atoms with E-state index in [4.69, 9.17) is 4.74 Å². The standard InChI is InChI=1S/C27H23N3O5S3/c1-28-23-22(31)29-24-26(16-27(29,25(28)32)37-36-23,17-12-14-18(35-2)15-13-17)20-10-6-7-11-21(20)30(24)38(33,34)19-8-4-3-5-9-19/h3-15,23-24H,16H2,1-2H3/t23-,24-,26-,27-/m0/s1. The quantitative estimate of drug-likeness (QED) is 0.447. The van der Waals surface area contributed by atoms with Gasteiger partial charge in [-0.2, -0.15) is 0 Å². The molecule has 0 radical (unpaired) electrons. The number of carbonyl (C=O) groups excluding carboxylic acids is 2. The molecule has 11 heteroatoms. The van der Waals surface area contributed by atoms with Crippen LogP contribution in [0.3, 0.4) is 0 Å². The number of carbonyl (C=O) groups is 2. The van der Waals surface area contributed by atoms with Crippen LogP contribution in [0.15, 0.2) is 83.8 Å². The molecule has 0 N–H and O–H groups in total. The van der Waals surface area contributed by atoms with Gasteiger partial charge in [0.05, 0.1) is 23.1 Å². The van der Waals surface area contributed by atoms with Crippen LogP contribution in [0.4, 0.5) is 5.69 Å². The van der Waals surface area contributed by atoms with Crippen LogP contribution in [-0.2, 0) is 25.0 Å². The van der Waals surface area contributed by atoms with Crippen molar-refractivity contribution in [2.24, 2.45) is 0 Å². The van der Waals surface area contributed by atoms with Crippen molar-refractivity contribution in [3.05, 3.63) is 90.0 Å². The first-order valence-corrected chi connectivity index (χ1v) is 15.7. The first-order chi connectivity index (χ1) is 18.3. The number of fused-ring (bicyclic) bond motifs is 5. The number of nitrogens with zero attached hydrogens (tertiary/aromatic N) is 3. The van der Waals surface area contributed by atoms with E-state index in [1.54, 1.807) is 61.5 Å². The summed E-state index contributed by atoms with van der Waals surface area (Å²) >= 11 is 0. The second-order valence-corrected chi connectivity index (χ2v) is 14.2. The van der Waals surface area contributed by atoms with Crippen LogP contribution in [0, 0.1) is 0 Å². The number of benzene rings is 3. The minimum atomic E-state index is -4.12. The number of likely N-dealkylation sites (N-methyl/N-ethyl adjacent to an activating group) is 1. The maximum Gasteiger partial charge on any atom is 0.266 e. The monoisotopic (exact) mass is 565 g/mol. The van der Waals surface area contributed by atoms with Gasteiger partial charge in [0.1, 0.15) is 11.9 Å². The molecule has 3 aromatic rings. The van der Waals surface area contributed by atoms with Gasteiger partial charge in [0, 0.05) is 13.5 Å². The molecule has 5 aliphatic rings. The van der Waals surface area contributed by atoms with Gasteiger partial charge in [-0.15, -0.1) is 0 Å². The van der Waals surface area contributed by atoms with Crippen LogP contribution in [0.5, 0.6) is 5.75 Å². The first kappa shape index (κ1) is 23.9.